The van der Waals surface area contributed by atoms with E-state index in [-0.39, 0.29) is 5.91 Å². The Kier molecular flexibility index (Phi) is 6.13. The molecule has 4 nitrogen and oxygen atoms in total. The molecule has 1 amide bonds. The zero-order valence-corrected chi connectivity index (χ0v) is 14.8. The third-order valence-electron chi connectivity index (χ3n) is 5.39. The van der Waals surface area contributed by atoms with Gasteiger partial charge >= 0.3 is 0 Å². The van der Waals surface area contributed by atoms with E-state index in [0.717, 1.165) is 45.1 Å². The third kappa shape index (κ3) is 4.97. The number of carbonyl (C=O) groups is 1. The standard InChI is InChI=1S/C20H30N2O2/c1-16-6-10-22(11-7-16)19-4-2-18(3-5-19)15-21-20(23)14-17-8-12-24-13-9-17/h2-5,16-17H,6-15H2,1H3,(H,21,23). The normalized spacial score (nSPS) is 20.1. The van der Waals surface area contributed by atoms with Crippen LogP contribution in [0.4, 0.5) is 5.69 Å². The molecule has 0 atom stereocenters. The van der Waals surface area contributed by atoms with Crippen molar-refractivity contribution < 1.29 is 9.53 Å². The molecule has 2 heterocycles. The zero-order chi connectivity index (χ0) is 16.8. The molecule has 0 aromatic heterocycles. The van der Waals surface area contributed by atoms with Crippen molar-refractivity contribution in [1.82, 2.24) is 5.32 Å². The summed E-state index contributed by atoms with van der Waals surface area (Å²) in [6.45, 7) is 6.87. The van der Waals surface area contributed by atoms with Crippen molar-refractivity contribution in [2.45, 2.75) is 45.6 Å². The van der Waals surface area contributed by atoms with E-state index in [2.05, 4.69) is 41.4 Å². The van der Waals surface area contributed by atoms with E-state index in [0.29, 0.717) is 18.9 Å². The van der Waals surface area contributed by atoms with Crippen LogP contribution >= 0.6 is 0 Å². The van der Waals surface area contributed by atoms with Crippen LogP contribution in [0.15, 0.2) is 24.3 Å². The minimum atomic E-state index is 0.163. The van der Waals surface area contributed by atoms with Crippen LogP contribution in [0.2, 0.25) is 0 Å². The number of ether oxygens (including phenoxy) is 1. The molecule has 4 heteroatoms. The van der Waals surface area contributed by atoms with Gasteiger partial charge in [0, 0.05) is 45.0 Å². The van der Waals surface area contributed by atoms with Gasteiger partial charge in [0.1, 0.15) is 0 Å². The molecule has 1 N–H and O–H groups in total. The summed E-state index contributed by atoms with van der Waals surface area (Å²) in [4.78, 5) is 14.5. The number of amides is 1. The molecule has 0 bridgehead atoms. The lowest BCUT2D eigenvalue weighted by Crippen LogP contribution is -2.32. The summed E-state index contributed by atoms with van der Waals surface area (Å²) >= 11 is 0. The topological polar surface area (TPSA) is 41.6 Å². The molecular weight excluding hydrogens is 300 g/mol. The van der Waals surface area contributed by atoms with Crippen LogP contribution in [-0.2, 0) is 16.1 Å². The highest BCUT2D eigenvalue weighted by molar-refractivity contribution is 5.76. The molecule has 2 aliphatic heterocycles. The van der Waals surface area contributed by atoms with Crippen LogP contribution in [0.3, 0.4) is 0 Å². The van der Waals surface area contributed by atoms with Crippen LogP contribution in [-0.4, -0.2) is 32.2 Å². The maximum Gasteiger partial charge on any atom is 0.220 e. The fourth-order valence-electron chi connectivity index (χ4n) is 3.58. The van der Waals surface area contributed by atoms with Crippen molar-refractivity contribution in [2.24, 2.45) is 11.8 Å². The Labute approximate surface area is 145 Å². The molecule has 2 fully saturated rings. The summed E-state index contributed by atoms with van der Waals surface area (Å²) in [6, 6.07) is 8.66. The summed E-state index contributed by atoms with van der Waals surface area (Å²) in [7, 11) is 0. The van der Waals surface area contributed by atoms with Crippen LogP contribution in [0, 0.1) is 11.8 Å². The van der Waals surface area contributed by atoms with Crippen molar-refractivity contribution >= 4 is 11.6 Å². The lowest BCUT2D eigenvalue weighted by Gasteiger charge is -2.32. The first-order valence-corrected chi connectivity index (χ1v) is 9.39. The van der Waals surface area contributed by atoms with Gasteiger partial charge in [0.2, 0.25) is 5.91 Å². The summed E-state index contributed by atoms with van der Waals surface area (Å²) in [5.41, 5.74) is 2.48. The molecule has 132 valence electrons. The summed E-state index contributed by atoms with van der Waals surface area (Å²) in [6.07, 6.45) is 5.22. The average Bonchev–Trinajstić information content (AvgIpc) is 2.62. The van der Waals surface area contributed by atoms with E-state index in [1.165, 1.54) is 24.1 Å². The molecule has 0 spiro atoms. The molecule has 3 rings (SSSR count). The number of rotatable bonds is 5. The summed E-state index contributed by atoms with van der Waals surface area (Å²) < 4.78 is 5.34. The highest BCUT2D eigenvalue weighted by Crippen LogP contribution is 2.23. The lowest BCUT2D eigenvalue weighted by atomic mass is 9.96. The number of nitrogens with zero attached hydrogens (tertiary/aromatic N) is 1. The van der Waals surface area contributed by atoms with E-state index < -0.39 is 0 Å². The first-order valence-electron chi connectivity index (χ1n) is 9.39. The SMILES string of the molecule is CC1CCN(c2ccc(CNC(=O)CC3CCOCC3)cc2)CC1. The monoisotopic (exact) mass is 330 g/mol. The number of hydrogen-bond acceptors (Lipinski definition) is 3. The Morgan fingerprint density at radius 1 is 1.12 bits per heavy atom. The van der Waals surface area contributed by atoms with Gasteiger partial charge in [-0.25, -0.2) is 0 Å². The maximum atomic E-state index is 12.1. The van der Waals surface area contributed by atoms with Gasteiger partial charge in [0.05, 0.1) is 0 Å². The Bertz CT molecular complexity index is 515. The number of benzene rings is 1. The number of hydrogen-bond donors (Lipinski definition) is 1. The molecule has 0 aliphatic carbocycles. The van der Waals surface area contributed by atoms with Crippen molar-refractivity contribution in [3.63, 3.8) is 0 Å². The fourth-order valence-corrected chi connectivity index (χ4v) is 3.58. The van der Waals surface area contributed by atoms with Gasteiger partial charge in [-0.1, -0.05) is 19.1 Å². The zero-order valence-electron chi connectivity index (χ0n) is 14.8. The third-order valence-corrected chi connectivity index (χ3v) is 5.39. The Morgan fingerprint density at radius 2 is 1.79 bits per heavy atom. The second-order valence-electron chi connectivity index (χ2n) is 7.37. The van der Waals surface area contributed by atoms with Gasteiger partial charge < -0.3 is 15.0 Å². The predicted octanol–water partition coefficient (Wildman–Crippen LogP) is 3.36. The maximum absolute atomic E-state index is 12.1. The molecule has 1 aromatic rings. The molecule has 2 aliphatic rings. The number of nitrogens with one attached hydrogen (secondary N) is 1. The van der Waals surface area contributed by atoms with E-state index >= 15 is 0 Å². The summed E-state index contributed by atoms with van der Waals surface area (Å²) in [5.74, 6) is 1.50. The molecule has 2 saturated heterocycles. The largest absolute Gasteiger partial charge is 0.381 e. The van der Waals surface area contributed by atoms with Crippen molar-refractivity contribution in [1.29, 1.82) is 0 Å². The molecule has 24 heavy (non-hydrogen) atoms. The van der Waals surface area contributed by atoms with Crippen LogP contribution < -0.4 is 10.2 Å². The highest BCUT2D eigenvalue weighted by Gasteiger charge is 2.18. The molecule has 1 aromatic carbocycles. The quantitative estimate of drug-likeness (QED) is 0.900. The van der Waals surface area contributed by atoms with Gasteiger partial charge in [-0.3, -0.25) is 4.79 Å². The number of carbonyl (C=O) groups excluding carboxylic acids is 1. The van der Waals surface area contributed by atoms with Gasteiger partial charge in [0.25, 0.3) is 0 Å². The first-order chi connectivity index (χ1) is 11.7. The smallest absolute Gasteiger partial charge is 0.220 e. The second-order valence-corrected chi connectivity index (χ2v) is 7.37. The first kappa shape index (κ1) is 17.3. The van der Waals surface area contributed by atoms with E-state index in [9.17, 15) is 4.79 Å². The fraction of sp³-hybridized carbons (Fsp3) is 0.650. The van der Waals surface area contributed by atoms with E-state index in [4.69, 9.17) is 4.74 Å². The molecule has 0 unspecified atom stereocenters. The Morgan fingerprint density at radius 3 is 2.46 bits per heavy atom. The average molecular weight is 330 g/mol. The number of piperidine rings is 1. The van der Waals surface area contributed by atoms with Crippen LogP contribution in [0.25, 0.3) is 0 Å². The highest BCUT2D eigenvalue weighted by atomic mass is 16.5. The lowest BCUT2D eigenvalue weighted by molar-refractivity contribution is -0.122. The minimum Gasteiger partial charge on any atom is -0.381 e. The molecule has 0 radical (unpaired) electrons. The molecular formula is C20H30N2O2. The van der Waals surface area contributed by atoms with Crippen LogP contribution in [0.1, 0.15) is 44.6 Å². The summed E-state index contributed by atoms with van der Waals surface area (Å²) in [5, 5.41) is 3.06. The van der Waals surface area contributed by atoms with Crippen molar-refractivity contribution in [2.75, 3.05) is 31.2 Å². The van der Waals surface area contributed by atoms with Gasteiger partial charge in [0.15, 0.2) is 0 Å². The minimum absolute atomic E-state index is 0.163. The number of anilines is 1. The Hall–Kier alpha value is -1.55. The van der Waals surface area contributed by atoms with Gasteiger partial charge in [-0.2, -0.15) is 0 Å². The van der Waals surface area contributed by atoms with Crippen molar-refractivity contribution in [3.05, 3.63) is 29.8 Å². The van der Waals surface area contributed by atoms with Gasteiger partial charge in [-0.05, 0) is 55.2 Å². The van der Waals surface area contributed by atoms with Gasteiger partial charge in [-0.15, -0.1) is 0 Å². The predicted molar refractivity (Wildman–Crippen MR) is 97.1 cm³/mol. The molecule has 0 saturated carbocycles. The Balaban J connectivity index is 1.43. The van der Waals surface area contributed by atoms with E-state index in [1.807, 2.05) is 0 Å². The van der Waals surface area contributed by atoms with E-state index in [1.54, 1.807) is 0 Å². The van der Waals surface area contributed by atoms with Crippen molar-refractivity contribution in [3.8, 4) is 0 Å². The van der Waals surface area contributed by atoms with Crippen LogP contribution in [0.5, 0.6) is 0 Å². The second kappa shape index (κ2) is 8.52.